The third-order valence-electron chi connectivity index (χ3n) is 6.42. The van der Waals surface area contributed by atoms with E-state index in [0.717, 1.165) is 25.0 Å². The van der Waals surface area contributed by atoms with E-state index in [4.69, 9.17) is 0 Å². The van der Waals surface area contributed by atoms with Crippen molar-refractivity contribution in [1.29, 1.82) is 0 Å². The van der Waals surface area contributed by atoms with E-state index in [0.29, 0.717) is 35.4 Å². The molecule has 0 radical (unpaired) electrons. The summed E-state index contributed by atoms with van der Waals surface area (Å²) >= 11 is 0. The van der Waals surface area contributed by atoms with Crippen LogP contribution in [0.2, 0.25) is 0 Å². The van der Waals surface area contributed by atoms with E-state index < -0.39 is 10.0 Å². The number of amides is 1. The fourth-order valence-corrected chi connectivity index (χ4v) is 5.75. The summed E-state index contributed by atoms with van der Waals surface area (Å²) in [7, 11) is -3.87. The molecule has 1 N–H and O–H groups in total. The molecule has 0 atom stereocenters. The predicted octanol–water partition coefficient (Wildman–Crippen LogP) is 3.70. The molecule has 1 aliphatic rings. The van der Waals surface area contributed by atoms with Gasteiger partial charge in [-0.3, -0.25) is 24.4 Å². The number of nitrogens with zero attached hydrogens (tertiary/aromatic N) is 4. The molecule has 0 aliphatic carbocycles. The second kappa shape index (κ2) is 10.0. The minimum Gasteiger partial charge on any atom is -0.336 e. The number of hydrogen-bond donors (Lipinski definition) is 1. The Balaban J connectivity index is 1.26. The van der Waals surface area contributed by atoms with Gasteiger partial charge in [0, 0.05) is 62.3 Å². The molecule has 2 aromatic carbocycles. The minimum atomic E-state index is -3.87. The monoisotopic (exact) mass is 501 g/mol. The highest BCUT2D eigenvalue weighted by atomic mass is 32.2. The summed E-state index contributed by atoms with van der Waals surface area (Å²) in [6, 6.07) is 17.7. The zero-order chi connectivity index (χ0) is 25.1. The molecule has 0 saturated carbocycles. The molecule has 1 fully saturated rings. The second-order valence-corrected chi connectivity index (χ2v) is 10.5. The number of anilines is 1. The summed E-state index contributed by atoms with van der Waals surface area (Å²) in [5.41, 5.74) is 3.28. The van der Waals surface area contributed by atoms with Gasteiger partial charge in [0.2, 0.25) is 0 Å². The molecule has 0 unspecified atom stereocenters. The van der Waals surface area contributed by atoms with Crippen molar-refractivity contribution in [2.75, 3.05) is 30.9 Å². The van der Waals surface area contributed by atoms with Gasteiger partial charge < -0.3 is 4.90 Å². The van der Waals surface area contributed by atoms with Crippen LogP contribution in [-0.2, 0) is 16.6 Å². The molecule has 0 bridgehead atoms. The third-order valence-corrected chi connectivity index (χ3v) is 7.82. The smallest absolute Gasteiger partial charge is 0.264 e. The number of hydrogen-bond acceptors (Lipinski definition) is 6. The zero-order valence-electron chi connectivity index (χ0n) is 20.0. The van der Waals surface area contributed by atoms with Gasteiger partial charge in [-0.15, -0.1) is 0 Å². The van der Waals surface area contributed by atoms with Crippen molar-refractivity contribution >= 4 is 32.5 Å². The molecule has 5 rings (SSSR count). The lowest BCUT2D eigenvalue weighted by Crippen LogP contribution is -2.48. The van der Waals surface area contributed by atoms with E-state index in [1.165, 1.54) is 5.56 Å². The van der Waals surface area contributed by atoms with Crippen molar-refractivity contribution in [1.82, 2.24) is 19.8 Å². The first kappa shape index (κ1) is 23.9. The maximum absolute atomic E-state index is 13.2. The summed E-state index contributed by atoms with van der Waals surface area (Å²) in [5.74, 6) is -0.0469. The van der Waals surface area contributed by atoms with Crippen LogP contribution in [0.3, 0.4) is 0 Å². The Hall–Kier alpha value is -3.82. The number of nitrogens with one attached hydrogen (secondary N) is 1. The van der Waals surface area contributed by atoms with Gasteiger partial charge in [0.05, 0.1) is 11.2 Å². The van der Waals surface area contributed by atoms with Crippen LogP contribution in [0.5, 0.6) is 0 Å². The summed E-state index contributed by atoms with van der Waals surface area (Å²) in [6.07, 6.45) is 5.16. The van der Waals surface area contributed by atoms with Crippen LogP contribution in [0.1, 0.15) is 21.5 Å². The van der Waals surface area contributed by atoms with Crippen molar-refractivity contribution in [3.05, 3.63) is 95.9 Å². The number of carbonyl (C=O) groups excluding carboxylic acids is 1. The lowest BCUT2D eigenvalue weighted by molar-refractivity contribution is 0.0628. The lowest BCUT2D eigenvalue weighted by atomic mass is 10.1. The lowest BCUT2D eigenvalue weighted by Gasteiger charge is -2.34. The highest BCUT2D eigenvalue weighted by Crippen LogP contribution is 2.25. The number of rotatable bonds is 6. The maximum atomic E-state index is 13.2. The van der Waals surface area contributed by atoms with E-state index in [2.05, 4.69) is 19.6 Å². The second-order valence-electron chi connectivity index (χ2n) is 8.89. The molecule has 1 aliphatic heterocycles. The predicted molar refractivity (Wildman–Crippen MR) is 139 cm³/mol. The van der Waals surface area contributed by atoms with Crippen LogP contribution in [-0.4, -0.2) is 60.3 Å². The molecule has 8 nitrogen and oxygen atoms in total. The Kier molecular flexibility index (Phi) is 6.67. The number of piperazine rings is 1. The number of benzene rings is 2. The molecule has 9 heteroatoms. The molecule has 184 valence electrons. The first-order valence-corrected chi connectivity index (χ1v) is 13.3. The fourth-order valence-electron chi connectivity index (χ4n) is 4.44. The van der Waals surface area contributed by atoms with Gasteiger partial charge in [-0.2, -0.15) is 0 Å². The Labute approximate surface area is 210 Å². The van der Waals surface area contributed by atoms with Gasteiger partial charge in [-0.1, -0.05) is 18.2 Å². The van der Waals surface area contributed by atoms with E-state index in [-0.39, 0.29) is 10.8 Å². The molecular weight excluding hydrogens is 474 g/mol. The molecule has 36 heavy (non-hydrogen) atoms. The van der Waals surface area contributed by atoms with E-state index in [1.54, 1.807) is 61.9 Å². The Morgan fingerprint density at radius 3 is 2.44 bits per heavy atom. The SMILES string of the molecule is Cc1cc(C(=O)N2CCN(Cc3ccncc3)CC2)ccc1NS(=O)(=O)c1cccc2cccnc12. The fraction of sp³-hybridized carbons (Fsp3) is 0.222. The first-order chi connectivity index (χ1) is 17.4. The van der Waals surface area contributed by atoms with E-state index in [1.807, 2.05) is 29.2 Å². The number of pyridine rings is 2. The molecule has 1 amide bonds. The number of para-hydroxylation sites is 1. The molecular formula is C27H27N5O3S. The summed E-state index contributed by atoms with van der Waals surface area (Å²) < 4.78 is 29.0. The molecule has 4 aromatic rings. The third kappa shape index (κ3) is 5.07. The van der Waals surface area contributed by atoms with Crippen LogP contribution in [0.25, 0.3) is 10.9 Å². The van der Waals surface area contributed by atoms with Crippen LogP contribution in [0.4, 0.5) is 5.69 Å². The number of sulfonamides is 1. The van der Waals surface area contributed by atoms with Crippen LogP contribution in [0, 0.1) is 6.92 Å². The first-order valence-electron chi connectivity index (χ1n) is 11.8. The summed E-state index contributed by atoms with van der Waals surface area (Å²) in [4.78, 5) is 25.7. The Morgan fingerprint density at radius 1 is 0.944 bits per heavy atom. The van der Waals surface area contributed by atoms with Crippen LogP contribution < -0.4 is 4.72 Å². The van der Waals surface area contributed by atoms with Crippen LogP contribution >= 0.6 is 0 Å². The van der Waals surface area contributed by atoms with Crippen LogP contribution in [0.15, 0.2) is 84.1 Å². The van der Waals surface area contributed by atoms with Crippen molar-refractivity contribution in [2.24, 2.45) is 0 Å². The highest BCUT2D eigenvalue weighted by Gasteiger charge is 2.24. The van der Waals surface area contributed by atoms with Gasteiger partial charge in [0.25, 0.3) is 15.9 Å². The molecule has 0 spiro atoms. The average molecular weight is 502 g/mol. The average Bonchev–Trinajstić information content (AvgIpc) is 2.90. The zero-order valence-corrected chi connectivity index (χ0v) is 20.8. The summed E-state index contributed by atoms with van der Waals surface area (Å²) in [6.45, 7) is 5.51. The summed E-state index contributed by atoms with van der Waals surface area (Å²) in [5, 5.41) is 0.749. The quantitative estimate of drug-likeness (QED) is 0.433. The Bertz CT molecular complexity index is 1500. The Morgan fingerprint density at radius 2 is 1.69 bits per heavy atom. The topological polar surface area (TPSA) is 95.5 Å². The van der Waals surface area contributed by atoms with Gasteiger partial charge in [-0.05, 0) is 60.5 Å². The van der Waals surface area contributed by atoms with Gasteiger partial charge in [-0.25, -0.2) is 8.42 Å². The van der Waals surface area contributed by atoms with E-state index in [9.17, 15) is 13.2 Å². The highest BCUT2D eigenvalue weighted by molar-refractivity contribution is 7.93. The van der Waals surface area contributed by atoms with Crippen molar-refractivity contribution in [3.63, 3.8) is 0 Å². The number of carbonyl (C=O) groups is 1. The maximum Gasteiger partial charge on any atom is 0.264 e. The van der Waals surface area contributed by atoms with Crippen molar-refractivity contribution < 1.29 is 13.2 Å². The molecule has 2 aromatic heterocycles. The number of aryl methyl sites for hydroxylation is 1. The molecule has 1 saturated heterocycles. The van der Waals surface area contributed by atoms with Gasteiger partial charge in [0.1, 0.15) is 4.90 Å². The van der Waals surface area contributed by atoms with E-state index >= 15 is 0 Å². The van der Waals surface area contributed by atoms with Crippen molar-refractivity contribution in [3.8, 4) is 0 Å². The van der Waals surface area contributed by atoms with Gasteiger partial charge >= 0.3 is 0 Å². The molecule has 3 heterocycles. The largest absolute Gasteiger partial charge is 0.336 e. The standard InChI is InChI=1S/C27H27N5O3S/c1-20-18-23(27(33)32-16-14-31(15-17-32)19-21-9-12-28-13-10-21)7-8-24(20)30-36(34,35)25-6-2-4-22-5-3-11-29-26(22)25/h2-13,18,30H,14-17,19H2,1H3. The van der Waals surface area contributed by atoms with Crippen molar-refractivity contribution in [2.45, 2.75) is 18.4 Å². The minimum absolute atomic E-state index is 0.0469. The number of aromatic nitrogens is 2. The van der Waals surface area contributed by atoms with Gasteiger partial charge in [0.15, 0.2) is 0 Å². The number of fused-ring (bicyclic) bond motifs is 1. The normalized spacial score (nSPS) is 14.6.